The summed E-state index contributed by atoms with van der Waals surface area (Å²) in [6, 6.07) is 13.5. The molecule has 1 aliphatic heterocycles. The van der Waals surface area contributed by atoms with Crippen molar-refractivity contribution in [3.63, 3.8) is 0 Å². The number of carbonyl (C=O) groups excluding carboxylic acids is 1. The number of pyridine rings is 1. The Bertz CT molecular complexity index is 563. The lowest BCUT2D eigenvalue weighted by Gasteiger charge is -2.18. The van der Waals surface area contributed by atoms with Gasteiger partial charge in [0.05, 0.1) is 0 Å². The molecule has 1 unspecified atom stereocenters. The first-order valence-electron chi connectivity index (χ1n) is 7.03. The van der Waals surface area contributed by atoms with Gasteiger partial charge in [0.15, 0.2) is 0 Å². The molecule has 22 heavy (non-hydrogen) atoms. The molecule has 1 aromatic carbocycles. The lowest BCUT2D eigenvalue weighted by molar-refractivity contribution is 0.108. The number of rotatable bonds is 2. The molecule has 1 aromatic heterocycles. The minimum Gasteiger partial charge on any atom is -0.299 e. The van der Waals surface area contributed by atoms with E-state index in [2.05, 4.69) is 23.0 Å². The van der Waals surface area contributed by atoms with E-state index in [0.717, 1.165) is 0 Å². The Morgan fingerprint density at radius 3 is 2.41 bits per heavy atom. The van der Waals surface area contributed by atoms with Crippen LogP contribution in [0.1, 0.15) is 34.8 Å². The summed E-state index contributed by atoms with van der Waals surface area (Å²) in [7, 11) is 2.19. The van der Waals surface area contributed by atoms with Crippen molar-refractivity contribution in [2.24, 2.45) is 0 Å². The van der Waals surface area contributed by atoms with Crippen molar-refractivity contribution < 1.29 is 4.79 Å². The molecule has 118 valence electrons. The molecule has 0 aliphatic carbocycles. The van der Waals surface area contributed by atoms with Crippen molar-refractivity contribution in [2.75, 3.05) is 13.6 Å². The van der Waals surface area contributed by atoms with Gasteiger partial charge < -0.3 is 0 Å². The number of halogens is 2. The van der Waals surface area contributed by atoms with E-state index < -0.39 is 5.24 Å². The number of nitrogens with zero attached hydrogens (tertiary/aromatic N) is 2. The van der Waals surface area contributed by atoms with E-state index in [1.807, 2.05) is 24.5 Å². The fourth-order valence-electron chi connectivity index (χ4n) is 2.47. The van der Waals surface area contributed by atoms with E-state index in [4.69, 9.17) is 11.6 Å². The first-order chi connectivity index (χ1) is 10.2. The number of hydrogen-bond donors (Lipinski definition) is 0. The molecule has 1 saturated heterocycles. The van der Waals surface area contributed by atoms with E-state index in [1.165, 1.54) is 24.9 Å². The second-order valence-electron chi connectivity index (χ2n) is 5.06. The largest absolute Gasteiger partial charge is 0.299 e. The quantitative estimate of drug-likeness (QED) is 0.764. The second kappa shape index (κ2) is 9.57. The molecule has 1 atom stereocenters. The zero-order valence-electron chi connectivity index (χ0n) is 12.5. The molecule has 0 N–H and O–H groups in total. The molecule has 0 saturated carbocycles. The minimum absolute atomic E-state index is 0. The fourth-order valence-corrected chi connectivity index (χ4v) is 2.60. The summed E-state index contributed by atoms with van der Waals surface area (Å²) in [6.45, 7) is 1.22. The van der Waals surface area contributed by atoms with Crippen molar-refractivity contribution in [1.82, 2.24) is 9.88 Å². The van der Waals surface area contributed by atoms with Crippen LogP contribution >= 0.6 is 24.0 Å². The fraction of sp³-hybridized carbons (Fsp3) is 0.294. The monoisotopic (exact) mass is 338 g/mol. The van der Waals surface area contributed by atoms with Gasteiger partial charge in [-0.3, -0.25) is 14.7 Å². The molecular weight excluding hydrogens is 319 g/mol. The maximum Gasteiger partial charge on any atom is 0.252 e. The summed E-state index contributed by atoms with van der Waals surface area (Å²) in [6.07, 6.45) is 6.41. The first-order valence-corrected chi connectivity index (χ1v) is 7.41. The van der Waals surface area contributed by atoms with Crippen LogP contribution in [0, 0.1) is 0 Å². The average molecular weight is 339 g/mol. The minimum atomic E-state index is -0.407. The van der Waals surface area contributed by atoms with E-state index in [1.54, 1.807) is 24.3 Å². The highest BCUT2D eigenvalue weighted by molar-refractivity contribution is 6.67. The SMILES string of the molecule is CN1CCCC1c1cccnc1.Cl.O=C(Cl)c1ccccc1. The molecule has 1 fully saturated rings. The predicted molar refractivity (Wildman–Crippen MR) is 92.7 cm³/mol. The summed E-state index contributed by atoms with van der Waals surface area (Å²) in [4.78, 5) is 16.9. The van der Waals surface area contributed by atoms with Gasteiger partial charge >= 0.3 is 0 Å². The maximum absolute atomic E-state index is 10.4. The van der Waals surface area contributed by atoms with Crippen LogP contribution in [0.5, 0.6) is 0 Å². The molecule has 0 amide bonds. The van der Waals surface area contributed by atoms with Gasteiger partial charge in [0.2, 0.25) is 0 Å². The Balaban J connectivity index is 0.000000219. The van der Waals surface area contributed by atoms with Crippen LogP contribution in [0.15, 0.2) is 54.9 Å². The van der Waals surface area contributed by atoms with Gasteiger partial charge in [-0.2, -0.15) is 0 Å². The summed E-state index contributed by atoms with van der Waals surface area (Å²) >= 11 is 5.16. The van der Waals surface area contributed by atoms with Crippen LogP contribution in [0.25, 0.3) is 0 Å². The Hall–Kier alpha value is -1.42. The lowest BCUT2D eigenvalue weighted by Crippen LogP contribution is -2.17. The number of benzene rings is 1. The van der Waals surface area contributed by atoms with Crippen molar-refractivity contribution in [1.29, 1.82) is 0 Å². The molecule has 3 rings (SSSR count). The van der Waals surface area contributed by atoms with Gasteiger partial charge in [-0.05, 0) is 49.7 Å². The van der Waals surface area contributed by atoms with Gasteiger partial charge in [-0.15, -0.1) is 12.4 Å². The van der Waals surface area contributed by atoms with E-state index in [9.17, 15) is 4.79 Å². The smallest absolute Gasteiger partial charge is 0.252 e. The number of aromatic nitrogens is 1. The third-order valence-electron chi connectivity index (χ3n) is 3.59. The molecule has 5 heteroatoms. The van der Waals surface area contributed by atoms with Gasteiger partial charge in [-0.25, -0.2) is 0 Å². The van der Waals surface area contributed by atoms with E-state index >= 15 is 0 Å². The Morgan fingerprint density at radius 2 is 1.95 bits per heavy atom. The van der Waals surface area contributed by atoms with Crippen LogP contribution in [0.3, 0.4) is 0 Å². The number of carbonyl (C=O) groups is 1. The van der Waals surface area contributed by atoms with Gasteiger partial charge in [0, 0.05) is 24.0 Å². The zero-order valence-corrected chi connectivity index (χ0v) is 14.1. The van der Waals surface area contributed by atoms with Crippen LogP contribution in [0.2, 0.25) is 0 Å². The topological polar surface area (TPSA) is 33.2 Å². The number of likely N-dealkylation sites (tertiary alicyclic amines) is 1. The second-order valence-corrected chi connectivity index (χ2v) is 5.41. The third-order valence-corrected chi connectivity index (χ3v) is 3.81. The van der Waals surface area contributed by atoms with Crippen LogP contribution in [-0.4, -0.2) is 28.7 Å². The molecule has 0 bridgehead atoms. The number of hydrogen-bond acceptors (Lipinski definition) is 3. The van der Waals surface area contributed by atoms with Crippen molar-refractivity contribution in [3.8, 4) is 0 Å². The molecule has 0 radical (unpaired) electrons. The molecule has 1 aliphatic rings. The average Bonchev–Trinajstić information content (AvgIpc) is 2.96. The summed E-state index contributed by atoms with van der Waals surface area (Å²) in [5.41, 5.74) is 1.90. The van der Waals surface area contributed by atoms with Crippen molar-refractivity contribution in [3.05, 3.63) is 66.0 Å². The van der Waals surface area contributed by atoms with Crippen molar-refractivity contribution in [2.45, 2.75) is 18.9 Å². The summed E-state index contributed by atoms with van der Waals surface area (Å²) < 4.78 is 0. The normalized spacial score (nSPS) is 17.1. The standard InChI is InChI=1S/C10H14N2.C7H5ClO.ClH/c1-12-7-3-5-10(12)9-4-2-6-11-8-9;8-7(9)6-4-2-1-3-5-6;/h2,4,6,8,10H,3,5,7H2,1H3;1-5H;1H. The molecule has 3 nitrogen and oxygen atoms in total. The molecule has 2 aromatic rings. The molecule has 2 heterocycles. The molecular formula is C17H20Cl2N2O. The lowest BCUT2D eigenvalue weighted by atomic mass is 10.1. The van der Waals surface area contributed by atoms with Crippen LogP contribution < -0.4 is 0 Å². The molecule has 0 spiro atoms. The van der Waals surface area contributed by atoms with Crippen LogP contribution in [0.4, 0.5) is 0 Å². The maximum atomic E-state index is 10.4. The summed E-state index contributed by atoms with van der Waals surface area (Å²) in [5, 5.41) is -0.407. The highest BCUT2D eigenvalue weighted by Crippen LogP contribution is 2.29. The zero-order chi connectivity index (χ0) is 15.1. The first kappa shape index (κ1) is 18.6. The third kappa shape index (κ3) is 5.41. The van der Waals surface area contributed by atoms with Gasteiger partial charge in [0.1, 0.15) is 0 Å². The van der Waals surface area contributed by atoms with Crippen LogP contribution in [-0.2, 0) is 0 Å². The highest BCUT2D eigenvalue weighted by atomic mass is 35.5. The van der Waals surface area contributed by atoms with Gasteiger partial charge in [-0.1, -0.05) is 36.4 Å². The van der Waals surface area contributed by atoms with Crippen molar-refractivity contribution >= 4 is 29.3 Å². The summed E-state index contributed by atoms with van der Waals surface area (Å²) in [5.74, 6) is 0. The predicted octanol–water partition coefficient (Wildman–Crippen LogP) is 4.34. The highest BCUT2D eigenvalue weighted by Gasteiger charge is 2.21. The van der Waals surface area contributed by atoms with E-state index in [0.29, 0.717) is 11.6 Å². The Labute approximate surface area is 142 Å². The van der Waals surface area contributed by atoms with E-state index in [-0.39, 0.29) is 12.4 Å². The van der Waals surface area contributed by atoms with Gasteiger partial charge in [0.25, 0.3) is 5.24 Å². The Morgan fingerprint density at radius 1 is 1.23 bits per heavy atom. The Kier molecular flexibility index (Phi) is 8.10.